The smallest absolute Gasteiger partial charge is 0.326 e. The van der Waals surface area contributed by atoms with Crippen LogP contribution in [-0.4, -0.2) is 50.2 Å². The first-order chi connectivity index (χ1) is 7.46. The maximum atomic E-state index is 11.9. The quantitative estimate of drug-likeness (QED) is 0.637. The van der Waals surface area contributed by atoms with Crippen LogP contribution >= 0.6 is 0 Å². The molecule has 0 aliphatic carbocycles. The van der Waals surface area contributed by atoms with Crippen molar-refractivity contribution in [2.24, 2.45) is 0 Å². The second kappa shape index (κ2) is 7.63. The number of nitrogens with zero attached hydrogens (tertiary/aromatic N) is 1. The SMILES string of the molecule is CCCNC(C)(CCN(C)C)C(=O)OCC. The number of hydrogen-bond acceptors (Lipinski definition) is 4. The van der Waals surface area contributed by atoms with Crippen LogP contribution in [0.2, 0.25) is 0 Å². The fourth-order valence-electron chi connectivity index (χ4n) is 1.40. The summed E-state index contributed by atoms with van der Waals surface area (Å²) in [6.07, 6.45) is 1.77. The third-order valence-corrected chi connectivity index (χ3v) is 2.55. The Morgan fingerprint density at radius 2 is 2.00 bits per heavy atom. The summed E-state index contributed by atoms with van der Waals surface area (Å²) in [4.78, 5) is 14.0. The molecule has 16 heavy (non-hydrogen) atoms. The number of carbonyl (C=O) groups excluding carboxylic acids is 1. The molecule has 0 spiro atoms. The Hall–Kier alpha value is -0.610. The maximum Gasteiger partial charge on any atom is 0.326 e. The molecule has 4 heteroatoms. The second-order valence-electron chi connectivity index (χ2n) is 4.53. The summed E-state index contributed by atoms with van der Waals surface area (Å²) in [7, 11) is 4.01. The lowest BCUT2D eigenvalue weighted by Gasteiger charge is -2.29. The molecular formula is C12H26N2O2. The molecule has 0 aromatic heterocycles. The van der Waals surface area contributed by atoms with E-state index in [1.165, 1.54) is 0 Å². The minimum atomic E-state index is -0.559. The first-order valence-electron chi connectivity index (χ1n) is 6.03. The van der Waals surface area contributed by atoms with E-state index >= 15 is 0 Å². The van der Waals surface area contributed by atoms with Crippen LogP contribution in [0.3, 0.4) is 0 Å². The van der Waals surface area contributed by atoms with Crippen molar-refractivity contribution in [3.8, 4) is 0 Å². The molecule has 0 bridgehead atoms. The fraction of sp³-hybridized carbons (Fsp3) is 0.917. The van der Waals surface area contributed by atoms with Crippen LogP contribution < -0.4 is 5.32 Å². The van der Waals surface area contributed by atoms with Gasteiger partial charge in [-0.1, -0.05) is 6.92 Å². The molecule has 1 atom stereocenters. The lowest BCUT2D eigenvalue weighted by Crippen LogP contribution is -2.52. The summed E-state index contributed by atoms with van der Waals surface area (Å²) in [5, 5.41) is 3.28. The van der Waals surface area contributed by atoms with E-state index in [1.54, 1.807) is 0 Å². The topological polar surface area (TPSA) is 41.6 Å². The van der Waals surface area contributed by atoms with Crippen molar-refractivity contribution in [3.63, 3.8) is 0 Å². The number of esters is 1. The van der Waals surface area contributed by atoms with E-state index in [2.05, 4.69) is 17.1 Å². The van der Waals surface area contributed by atoms with Gasteiger partial charge in [0.2, 0.25) is 0 Å². The summed E-state index contributed by atoms with van der Waals surface area (Å²) < 4.78 is 5.12. The van der Waals surface area contributed by atoms with E-state index in [-0.39, 0.29) is 5.97 Å². The van der Waals surface area contributed by atoms with Crippen molar-refractivity contribution >= 4 is 5.97 Å². The van der Waals surface area contributed by atoms with Crippen molar-refractivity contribution in [1.29, 1.82) is 0 Å². The summed E-state index contributed by atoms with van der Waals surface area (Å²) in [6, 6.07) is 0. The van der Waals surface area contributed by atoms with E-state index in [0.29, 0.717) is 6.61 Å². The minimum absolute atomic E-state index is 0.148. The Labute approximate surface area is 99.3 Å². The number of carbonyl (C=O) groups is 1. The molecule has 0 heterocycles. The Morgan fingerprint density at radius 3 is 2.44 bits per heavy atom. The molecule has 0 saturated heterocycles. The number of nitrogens with one attached hydrogen (secondary N) is 1. The van der Waals surface area contributed by atoms with Crippen LogP contribution in [0, 0.1) is 0 Å². The third kappa shape index (κ3) is 5.47. The molecule has 0 aliphatic rings. The van der Waals surface area contributed by atoms with Crippen LogP contribution in [0.1, 0.15) is 33.6 Å². The number of ether oxygens (including phenoxy) is 1. The molecule has 0 saturated carbocycles. The standard InChI is InChI=1S/C12H26N2O2/c1-6-9-13-12(3,8-10-14(4)5)11(15)16-7-2/h13H,6-10H2,1-5H3. The Morgan fingerprint density at radius 1 is 1.38 bits per heavy atom. The highest BCUT2D eigenvalue weighted by atomic mass is 16.5. The summed E-state index contributed by atoms with van der Waals surface area (Å²) in [5.41, 5.74) is -0.559. The van der Waals surface area contributed by atoms with Gasteiger partial charge in [0.05, 0.1) is 6.61 Å². The van der Waals surface area contributed by atoms with Gasteiger partial charge in [0, 0.05) is 0 Å². The van der Waals surface area contributed by atoms with Crippen LogP contribution in [-0.2, 0) is 9.53 Å². The van der Waals surface area contributed by atoms with Crippen molar-refractivity contribution < 1.29 is 9.53 Å². The normalized spacial score (nSPS) is 14.9. The van der Waals surface area contributed by atoms with Crippen LogP contribution in [0.15, 0.2) is 0 Å². The Bertz CT molecular complexity index is 207. The zero-order chi connectivity index (χ0) is 12.6. The van der Waals surface area contributed by atoms with E-state index in [4.69, 9.17) is 4.74 Å². The van der Waals surface area contributed by atoms with Crippen molar-refractivity contribution in [1.82, 2.24) is 10.2 Å². The Kier molecular flexibility index (Phi) is 7.34. The number of hydrogen-bond donors (Lipinski definition) is 1. The predicted molar refractivity (Wildman–Crippen MR) is 66.5 cm³/mol. The highest BCUT2D eigenvalue weighted by Gasteiger charge is 2.33. The second-order valence-corrected chi connectivity index (χ2v) is 4.53. The monoisotopic (exact) mass is 230 g/mol. The average molecular weight is 230 g/mol. The van der Waals surface area contributed by atoms with Crippen molar-refractivity contribution in [2.45, 2.75) is 39.2 Å². The van der Waals surface area contributed by atoms with E-state index in [9.17, 15) is 4.79 Å². The van der Waals surface area contributed by atoms with Crippen LogP contribution in [0.4, 0.5) is 0 Å². The molecule has 0 amide bonds. The van der Waals surface area contributed by atoms with Gasteiger partial charge in [0.25, 0.3) is 0 Å². The van der Waals surface area contributed by atoms with Gasteiger partial charge in [-0.3, -0.25) is 4.79 Å². The van der Waals surface area contributed by atoms with Crippen LogP contribution in [0.5, 0.6) is 0 Å². The molecule has 96 valence electrons. The summed E-state index contributed by atoms with van der Waals surface area (Å²) >= 11 is 0. The summed E-state index contributed by atoms with van der Waals surface area (Å²) in [5.74, 6) is -0.148. The lowest BCUT2D eigenvalue weighted by atomic mass is 9.97. The fourth-order valence-corrected chi connectivity index (χ4v) is 1.40. The molecule has 0 fully saturated rings. The van der Waals surface area contributed by atoms with Gasteiger partial charge < -0.3 is 15.0 Å². The van der Waals surface area contributed by atoms with Gasteiger partial charge in [0.15, 0.2) is 0 Å². The average Bonchev–Trinajstić information content (AvgIpc) is 2.24. The molecule has 0 radical (unpaired) electrons. The molecule has 1 unspecified atom stereocenters. The highest BCUT2D eigenvalue weighted by molar-refractivity contribution is 5.80. The molecular weight excluding hydrogens is 204 g/mol. The molecule has 1 N–H and O–H groups in total. The van der Waals surface area contributed by atoms with Crippen LogP contribution in [0.25, 0.3) is 0 Å². The number of rotatable bonds is 8. The maximum absolute atomic E-state index is 11.9. The van der Waals surface area contributed by atoms with Gasteiger partial charge in [-0.05, 0) is 53.9 Å². The molecule has 0 aromatic carbocycles. The summed E-state index contributed by atoms with van der Waals surface area (Å²) in [6.45, 7) is 7.98. The zero-order valence-electron chi connectivity index (χ0n) is 11.3. The van der Waals surface area contributed by atoms with Gasteiger partial charge in [0.1, 0.15) is 5.54 Å². The molecule has 0 rings (SSSR count). The van der Waals surface area contributed by atoms with E-state index in [0.717, 1.165) is 25.9 Å². The van der Waals surface area contributed by atoms with E-state index < -0.39 is 5.54 Å². The van der Waals surface area contributed by atoms with Gasteiger partial charge in [-0.15, -0.1) is 0 Å². The van der Waals surface area contributed by atoms with E-state index in [1.807, 2.05) is 27.9 Å². The minimum Gasteiger partial charge on any atom is -0.465 e. The first kappa shape index (κ1) is 15.4. The van der Waals surface area contributed by atoms with Gasteiger partial charge in [-0.2, -0.15) is 0 Å². The zero-order valence-corrected chi connectivity index (χ0v) is 11.3. The highest BCUT2D eigenvalue weighted by Crippen LogP contribution is 2.12. The van der Waals surface area contributed by atoms with Crippen molar-refractivity contribution in [3.05, 3.63) is 0 Å². The van der Waals surface area contributed by atoms with Crippen molar-refractivity contribution in [2.75, 3.05) is 33.8 Å². The molecule has 4 nitrogen and oxygen atoms in total. The largest absolute Gasteiger partial charge is 0.465 e. The first-order valence-corrected chi connectivity index (χ1v) is 6.03. The van der Waals surface area contributed by atoms with Gasteiger partial charge >= 0.3 is 5.97 Å². The molecule has 0 aliphatic heterocycles. The predicted octanol–water partition coefficient (Wildman–Crippen LogP) is 1.26. The lowest BCUT2D eigenvalue weighted by molar-refractivity contribution is -0.151. The Balaban J connectivity index is 4.40. The third-order valence-electron chi connectivity index (χ3n) is 2.55. The van der Waals surface area contributed by atoms with Gasteiger partial charge in [-0.25, -0.2) is 0 Å². The molecule has 0 aromatic rings.